The van der Waals surface area contributed by atoms with Crippen molar-refractivity contribution in [3.05, 3.63) is 77.9 Å². The molecule has 0 aliphatic heterocycles. The lowest BCUT2D eigenvalue weighted by atomic mass is 9.86. The highest BCUT2D eigenvalue weighted by atomic mass is 19.1. The average molecular weight is 364 g/mol. The summed E-state index contributed by atoms with van der Waals surface area (Å²) in [5, 5.41) is 5.82. The van der Waals surface area contributed by atoms with Gasteiger partial charge < -0.3 is 10.6 Å². The van der Waals surface area contributed by atoms with E-state index in [1.165, 1.54) is 30.6 Å². The van der Waals surface area contributed by atoms with Crippen LogP contribution in [0.4, 0.5) is 21.7 Å². The molecule has 0 radical (unpaired) electrons. The normalized spacial score (nSPS) is 11.1. The smallest absolute Gasteiger partial charge is 0.258 e. The standard InChI is InChI=1S/C21H21FN4O/c1-21(2,3)17-9-4-5-10-18(17)26-20-23-12-14(13-24-20)19(27)25-16-8-6-7-15(22)11-16/h4-13H,1-3H3,(H,25,27)(H,23,24,26). The summed E-state index contributed by atoms with van der Waals surface area (Å²) in [6, 6.07) is 13.7. The van der Waals surface area contributed by atoms with Crippen LogP contribution in [0.3, 0.4) is 0 Å². The summed E-state index contributed by atoms with van der Waals surface area (Å²) in [6.45, 7) is 6.40. The van der Waals surface area contributed by atoms with Crippen LogP contribution < -0.4 is 10.6 Å². The van der Waals surface area contributed by atoms with Crippen molar-refractivity contribution in [2.75, 3.05) is 10.6 Å². The zero-order chi connectivity index (χ0) is 19.4. The van der Waals surface area contributed by atoms with Gasteiger partial charge in [0.2, 0.25) is 5.95 Å². The summed E-state index contributed by atoms with van der Waals surface area (Å²) in [5.41, 5.74) is 2.69. The molecule has 6 heteroatoms. The Morgan fingerprint density at radius 2 is 1.70 bits per heavy atom. The number of hydrogen-bond acceptors (Lipinski definition) is 4. The highest BCUT2D eigenvalue weighted by Gasteiger charge is 2.18. The van der Waals surface area contributed by atoms with Gasteiger partial charge in [-0.1, -0.05) is 45.0 Å². The van der Waals surface area contributed by atoms with E-state index in [1.54, 1.807) is 6.07 Å². The van der Waals surface area contributed by atoms with Gasteiger partial charge >= 0.3 is 0 Å². The van der Waals surface area contributed by atoms with Gasteiger partial charge in [0.05, 0.1) is 5.56 Å². The fourth-order valence-corrected chi connectivity index (χ4v) is 2.65. The maximum atomic E-state index is 13.2. The van der Waals surface area contributed by atoms with Crippen molar-refractivity contribution in [1.29, 1.82) is 0 Å². The summed E-state index contributed by atoms with van der Waals surface area (Å²) in [5.74, 6) is -0.419. The number of benzene rings is 2. The fraction of sp³-hybridized carbons (Fsp3) is 0.190. The van der Waals surface area contributed by atoms with E-state index in [1.807, 2.05) is 18.2 Å². The number of rotatable bonds is 4. The SMILES string of the molecule is CC(C)(C)c1ccccc1Nc1ncc(C(=O)Nc2cccc(F)c2)cn1. The Morgan fingerprint density at radius 1 is 1.00 bits per heavy atom. The number of carbonyl (C=O) groups excluding carboxylic acids is 1. The van der Waals surface area contributed by atoms with Crippen LogP contribution in [-0.2, 0) is 5.41 Å². The van der Waals surface area contributed by atoms with E-state index in [0.717, 1.165) is 11.3 Å². The van der Waals surface area contributed by atoms with Crippen LogP contribution in [0, 0.1) is 5.82 Å². The van der Waals surface area contributed by atoms with Crippen LogP contribution in [0.5, 0.6) is 0 Å². The van der Waals surface area contributed by atoms with Crippen molar-refractivity contribution >= 4 is 23.2 Å². The largest absolute Gasteiger partial charge is 0.324 e. The van der Waals surface area contributed by atoms with Gasteiger partial charge in [0, 0.05) is 23.8 Å². The summed E-state index contributed by atoms with van der Waals surface area (Å²) in [4.78, 5) is 20.7. The Hall–Kier alpha value is -3.28. The monoisotopic (exact) mass is 364 g/mol. The maximum Gasteiger partial charge on any atom is 0.258 e. The third kappa shape index (κ3) is 4.67. The van der Waals surface area contributed by atoms with Gasteiger partial charge in [0.1, 0.15) is 5.82 Å². The molecule has 0 saturated carbocycles. The summed E-state index contributed by atoms with van der Waals surface area (Å²) in [6.07, 6.45) is 2.87. The molecule has 0 aliphatic rings. The van der Waals surface area contributed by atoms with Crippen LogP contribution in [0.2, 0.25) is 0 Å². The Bertz CT molecular complexity index is 949. The number of aromatic nitrogens is 2. The number of halogens is 1. The molecule has 0 atom stereocenters. The van der Waals surface area contributed by atoms with Crippen LogP contribution in [-0.4, -0.2) is 15.9 Å². The number of anilines is 3. The van der Waals surface area contributed by atoms with Crippen LogP contribution >= 0.6 is 0 Å². The molecule has 1 heterocycles. The molecule has 138 valence electrons. The number of carbonyl (C=O) groups is 1. The molecule has 27 heavy (non-hydrogen) atoms. The minimum absolute atomic E-state index is 0.0334. The number of nitrogens with one attached hydrogen (secondary N) is 2. The first-order valence-electron chi connectivity index (χ1n) is 8.58. The lowest BCUT2D eigenvalue weighted by Gasteiger charge is -2.22. The van der Waals surface area contributed by atoms with E-state index in [0.29, 0.717) is 11.6 Å². The summed E-state index contributed by atoms with van der Waals surface area (Å²) < 4.78 is 13.2. The molecule has 1 aromatic heterocycles. The molecule has 2 aromatic carbocycles. The fourth-order valence-electron chi connectivity index (χ4n) is 2.65. The first-order chi connectivity index (χ1) is 12.8. The zero-order valence-electron chi connectivity index (χ0n) is 15.5. The molecule has 0 aliphatic carbocycles. The van der Waals surface area contributed by atoms with Crippen molar-refractivity contribution in [2.45, 2.75) is 26.2 Å². The highest BCUT2D eigenvalue weighted by Crippen LogP contribution is 2.30. The van der Waals surface area contributed by atoms with Crippen LogP contribution in [0.25, 0.3) is 0 Å². The molecule has 0 unspecified atom stereocenters. The second kappa shape index (κ2) is 7.53. The van der Waals surface area contributed by atoms with Gasteiger partial charge in [-0.05, 0) is 35.2 Å². The molecule has 0 bridgehead atoms. The van der Waals surface area contributed by atoms with Crippen LogP contribution in [0.15, 0.2) is 60.9 Å². The zero-order valence-corrected chi connectivity index (χ0v) is 15.5. The van der Waals surface area contributed by atoms with E-state index >= 15 is 0 Å². The van der Waals surface area contributed by atoms with Crippen molar-refractivity contribution in [3.8, 4) is 0 Å². The Balaban J connectivity index is 1.74. The van der Waals surface area contributed by atoms with Gasteiger partial charge in [0.25, 0.3) is 5.91 Å². The Labute approximate surface area is 157 Å². The summed E-state index contributed by atoms with van der Waals surface area (Å²) >= 11 is 0. The van der Waals surface area contributed by atoms with E-state index in [-0.39, 0.29) is 11.0 Å². The number of hydrogen-bond donors (Lipinski definition) is 2. The van der Waals surface area contributed by atoms with Gasteiger partial charge in [-0.25, -0.2) is 14.4 Å². The first-order valence-corrected chi connectivity index (χ1v) is 8.58. The second-order valence-electron chi connectivity index (χ2n) is 7.18. The van der Waals surface area contributed by atoms with E-state index < -0.39 is 11.7 Å². The molecule has 0 fully saturated rings. The number of para-hydroxylation sites is 1. The van der Waals surface area contributed by atoms with Gasteiger partial charge in [0.15, 0.2) is 0 Å². The topological polar surface area (TPSA) is 66.9 Å². The van der Waals surface area contributed by atoms with Crippen molar-refractivity contribution in [3.63, 3.8) is 0 Å². The summed E-state index contributed by atoms with van der Waals surface area (Å²) in [7, 11) is 0. The minimum Gasteiger partial charge on any atom is -0.324 e. The van der Waals surface area contributed by atoms with Crippen molar-refractivity contribution in [2.24, 2.45) is 0 Å². The minimum atomic E-state index is -0.416. The third-order valence-electron chi connectivity index (χ3n) is 3.98. The van der Waals surface area contributed by atoms with E-state index in [9.17, 15) is 9.18 Å². The predicted molar refractivity (Wildman–Crippen MR) is 105 cm³/mol. The van der Waals surface area contributed by atoms with Gasteiger partial charge in [-0.3, -0.25) is 4.79 Å². The first kappa shape index (κ1) is 18.5. The molecule has 1 amide bonds. The third-order valence-corrected chi connectivity index (χ3v) is 3.98. The number of nitrogens with zero attached hydrogens (tertiary/aromatic N) is 2. The van der Waals surface area contributed by atoms with Crippen LogP contribution in [0.1, 0.15) is 36.7 Å². The molecule has 3 rings (SSSR count). The molecular weight excluding hydrogens is 343 g/mol. The van der Waals surface area contributed by atoms with E-state index in [2.05, 4.69) is 47.4 Å². The van der Waals surface area contributed by atoms with E-state index in [4.69, 9.17) is 0 Å². The predicted octanol–water partition coefficient (Wildman–Crippen LogP) is 4.91. The molecular formula is C21H21FN4O. The molecule has 2 N–H and O–H groups in total. The lowest BCUT2D eigenvalue weighted by molar-refractivity contribution is 0.102. The lowest BCUT2D eigenvalue weighted by Crippen LogP contribution is -2.15. The average Bonchev–Trinajstić information content (AvgIpc) is 2.62. The van der Waals surface area contributed by atoms with Gasteiger partial charge in [-0.2, -0.15) is 0 Å². The van der Waals surface area contributed by atoms with Crippen molar-refractivity contribution < 1.29 is 9.18 Å². The van der Waals surface area contributed by atoms with Crippen molar-refractivity contribution in [1.82, 2.24) is 9.97 Å². The molecule has 5 nitrogen and oxygen atoms in total. The molecule has 0 saturated heterocycles. The Morgan fingerprint density at radius 3 is 2.37 bits per heavy atom. The highest BCUT2D eigenvalue weighted by molar-refractivity contribution is 6.03. The second-order valence-corrected chi connectivity index (χ2v) is 7.18. The molecule has 3 aromatic rings. The number of amides is 1. The maximum absolute atomic E-state index is 13.2. The molecule has 0 spiro atoms. The quantitative estimate of drug-likeness (QED) is 0.690. The Kier molecular flexibility index (Phi) is 5.16. The van der Waals surface area contributed by atoms with Gasteiger partial charge in [-0.15, -0.1) is 0 Å².